The Morgan fingerprint density at radius 3 is 2.82 bits per heavy atom. The van der Waals surface area contributed by atoms with Crippen LogP contribution in [0.5, 0.6) is 5.75 Å². The highest BCUT2D eigenvalue weighted by Gasteiger charge is 2.36. The molecule has 1 aromatic carbocycles. The van der Waals surface area contributed by atoms with Crippen molar-refractivity contribution in [3.8, 4) is 5.75 Å². The molecule has 5 nitrogen and oxygen atoms in total. The third-order valence-corrected chi connectivity index (χ3v) is 3.83. The summed E-state index contributed by atoms with van der Waals surface area (Å²) in [6.45, 7) is 5.42. The predicted molar refractivity (Wildman–Crippen MR) is 84.7 cm³/mol. The first-order valence-electron chi connectivity index (χ1n) is 7.16. The van der Waals surface area contributed by atoms with Crippen LogP contribution in [0.15, 0.2) is 18.2 Å². The van der Waals surface area contributed by atoms with Crippen LogP contribution in [0.25, 0.3) is 0 Å². The van der Waals surface area contributed by atoms with Gasteiger partial charge < -0.3 is 19.1 Å². The monoisotopic (exact) mass is 327 g/mol. The lowest BCUT2D eigenvalue weighted by atomic mass is 10.0. The highest BCUT2D eigenvalue weighted by molar-refractivity contribution is 6.32. The number of carbonyl (C=O) groups is 1. The minimum Gasteiger partial charge on any atom is -0.495 e. The Kier molecular flexibility index (Phi) is 5.32. The number of nitrogens with zero attached hydrogens (tertiary/aromatic N) is 1. The molecule has 2 rings (SSSR count). The number of morpholine rings is 1. The van der Waals surface area contributed by atoms with Crippen LogP contribution in [0, 0.1) is 0 Å². The van der Waals surface area contributed by atoms with Crippen LogP contribution in [0.4, 0.5) is 0 Å². The van der Waals surface area contributed by atoms with Crippen LogP contribution < -0.4 is 4.74 Å². The Morgan fingerprint density at radius 1 is 1.45 bits per heavy atom. The number of hydrogen-bond acceptors (Lipinski definition) is 4. The average Bonchev–Trinajstić information content (AvgIpc) is 2.45. The van der Waals surface area contributed by atoms with Crippen LogP contribution in [0.2, 0.25) is 5.02 Å². The summed E-state index contributed by atoms with van der Waals surface area (Å²) in [6.07, 6.45) is -0.133. The van der Waals surface area contributed by atoms with Gasteiger partial charge in [-0.05, 0) is 32.0 Å². The van der Waals surface area contributed by atoms with E-state index in [2.05, 4.69) is 0 Å². The lowest BCUT2D eigenvalue weighted by molar-refractivity contribution is -0.143. The van der Waals surface area contributed by atoms with Gasteiger partial charge in [0, 0.05) is 25.8 Å². The normalized spacial score (nSPS) is 20.8. The zero-order valence-electron chi connectivity index (χ0n) is 13.4. The van der Waals surface area contributed by atoms with E-state index in [9.17, 15) is 4.79 Å². The highest BCUT2D eigenvalue weighted by atomic mass is 35.5. The van der Waals surface area contributed by atoms with E-state index >= 15 is 0 Å². The molecule has 0 aliphatic carbocycles. The number of halogens is 1. The zero-order chi connectivity index (χ0) is 16.3. The summed E-state index contributed by atoms with van der Waals surface area (Å²) in [5.41, 5.74) is 0.142. The third-order valence-electron chi connectivity index (χ3n) is 3.52. The fourth-order valence-electron chi connectivity index (χ4n) is 2.70. The first kappa shape index (κ1) is 17.1. The van der Waals surface area contributed by atoms with E-state index < -0.39 is 5.60 Å². The number of carbonyl (C=O) groups excluding carboxylic acids is 1. The van der Waals surface area contributed by atoms with Crippen molar-refractivity contribution < 1.29 is 19.0 Å². The van der Waals surface area contributed by atoms with Gasteiger partial charge in [0.25, 0.3) is 5.91 Å². The molecule has 1 aliphatic heterocycles. The largest absolute Gasteiger partial charge is 0.495 e. The second-order valence-corrected chi connectivity index (χ2v) is 6.40. The number of ether oxygens (including phenoxy) is 3. The van der Waals surface area contributed by atoms with Crippen LogP contribution >= 0.6 is 11.6 Å². The Hall–Kier alpha value is -1.30. The smallest absolute Gasteiger partial charge is 0.254 e. The van der Waals surface area contributed by atoms with E-state index in [0.717, 1.165) is 0 Å². The number of amides is 1. The van der Waals surface area contributed by atoms with Crippen molar-refractivity contribution >= 4 is 17.5 Å². The minimum absolute atomic E-state index is 0.0626. The summed E-state index contributed by atoms with van der Waals surface area (Å²) < 4.78 is 16.3. The fraction of sp³-hybridized carbons (Fsp3) is 0.562. The van der Waals surface area contributed by atoms with Gasteiger partial charge in [-0.1, -0.05) is 11.6 Å². The van der Waals surface area contributed by atoms with Crippen LogP contribution in [0.1, 0.15) is 24.2 Å². The van der Waals surface area contributed by atoms with Crippen LogP contribution in [-0.2, 0) is 9.47 Å². The molecule has 6 heteroatoms. The van der Waals surface area contributed by atoms with E-state index in [1.807, 2.05) is 13.8 Å². The van der Waals surface area contributed by atoms with Crippen molar-refractivity contribution in [3.05, 3.63) is 28.8 Å². The lowest BCUT2D eigenvalue weighted by Crippen LogP contribution is -2.55. The van der Waals surface area contributed by atoms with Crippen LogP contribution in [-0.4, -0.2) is 56.4 Å². The van der Waals surface area contributed by atoms with Gasteiger partial charge in [0.15, 0.2) is 0 Å². The van der Waals surface area contributed by atoms with Crippen molar-refractivity contribution in [2.75, 3.05) is 33.9 Å². The predicted octanol–water partition coefficient (Wildman–Crippen LogP) is 2.61. The highest BCUT2D eigenvalue weighted by Crippen LogP contribution is 2.27. The standard InChI is InChI=1S/C16H22ClNO4/c1-16(2)10-18(8-12(22-16)9-20-3)15(19)11-5-6-13(17)14(7-11)21-4/h5-7,12H,8-10H2,1-4H3. The maximum Gasteiger partial charge on any atom is 0.254 e. The molecular weight excluding hydrogens is 306 g/mol. The van der Waals surface area contributed by atoms with E-state index in [1.165, 1.54) is 7.11 Å². The van der Waals surface area contributed by atoms with Crippen molar-refractivity contribution in [2.45, 2.75) is 25.6 Å². The molecule has 0 saturated carbocycles. The molecule has 1 saturated heterocycles. The Morgan fingerprint density at radius 2 is 2.18 bits per heavy atom. The van der Waals surface area contributed by atoms with Crippen molar-refractivity contribution in [1.82, 2.24) is 4.90 Å². The molecule has 1 fully saturated rings. The minimum atomic E-state index is -0.409. The summed E-state index contributed by atoms with van der Waals surface area (Å²) in [5.74, 6) is 0.431. The number of benzene rings is 1. The zero-order valence-corrected chi connectivity index (χ0v) is 14.1. The maximum absolute atomic E-state index is 12.7. The summed E-state index contributed by atoms with van der Waals surface area (Å²) in [4.78, 5) is 14.5. The number of methoxy groups -OCH3 is 2. The van der Waals surface area contributed by atoms with Crippen molar-refractivity contribution in [1.29, 1.82) is 0 Å². The summed E-state index contributed by atoms with van der Waals surface area (Å²) in [5, 5.41) is 0.485. The van der Waals surface area contributed by atoms with E-state index in [0.29, 0.717) is 36.0 Å². The van der Waals surface area contributed by atoms with Gasteiger partial charge in [-0.15, -0.1) is 0 Å². The van der Waals surface area contributed by atoms with E-state index in [1.54, 1.807) is 30.2 Å². The molecule has 0 aromatic heterocycles. The van der Waals surface area contributed by atoms with Gasteiger partial charge >= 0.3 is 0 Å². The van der Waals surface area contributed by atoms with Crippen molar-refractivity contribution in [2.24, 2.45) is 0 Å². The molecule has 1 atom stereocenters. The van der Waals surface area contributed by atoms with Gasteiger partial charge in [0.05, 0.1) is 30.4 Å². The Balaban J connectivity index is 2.20. The van der Waals surface area contributed by atoms with Crippen LogP contribution in [0.3, 0.4) is 0 Å². The molecule has 1 unspecified atom stereocenters. The number of rotatable bonds is 4. The molecule has 22 heavy (non-hydrogen) atoms. The lowest BCUT2D eigenvalue weighted by Gasteiger charge is -2.42. The SMILES string of the molecule is COCC1CN(C(=O)c2ccc(Cl)c(OC)c2)CC(C)(C)O1. The molecule has 1 aromatic rings. The molecule has 0 bridgehead atoms. The molecule has 0 spiro atoms. The Bertz CT molecular complexity index is 547. The van der Waals surface area contributed by atoms with Gasteiger partial charge in [-0.3, -0.25) is 4.79 Å². The molecule has 122 valence electrons. The summed E-state index contributed by atoms with van der Waals surface area (Å²) in [6, 6.07) is 5.05. The second kappa shape index (κ2) is 6.86. The van der Waals surface area contributed by atoms with Gasteiger partial charge in [-0.2, -0.15) is 0 Å². The summed E-state index contributed by atoms with van der Waals surface area (Å²) >= 11 is 6.01. The fourth-order valence-corrected chi connectivity index (χ4v) is 2.89. The molecule has 1 aliphatic rings. The second-order valence-electron chi connectivity index (χ2n) is 5.99. The molecule has 0 N–H and O–H groups in total. The quantitative estimate of drug-likeness (QED) is 0.853. The molecule has 1 amide bonds. The van der Waals surface area contributed by atoms with E-state index in [-0.39, 0.29) is 12.0 Å². The number of hydrogen-bond donors (Lipinski definition) is 0. The summed E-state index contributed by atoms with van der Waals surface area (Å²) in [7, 11) is 3.16. The van der Waals surface area contributed by atoms with Crippen molar-refractivity contribution in [3.63, 3.8) is 0 Å². The maximum atomic E-state index is 12.7. The first-order chi connectivity index (χ1) is 10.4. The van der Waals surface area contributed by atoms with Gasteiger partial charge in [0.2, 0.25) is 0 Å². The van der Waals surface area contributed by atoms with E-state index in [4.69, 9.17) is 25.8 Å². The first-order valence-corrected chi connectivity index (χ1v) is 7.53. The topological polar surface area (TPSA) is 48.0 Å². The molecular formula is C16H22ClNO4. The third kappa shape index (κ3) is 3.91. The molecule has 0 radical (unpaired) electrons. The van der Waals surface area contributed by atoms with Gasteiger partial charge in [0.1, 0.15) is 5.75 Å². The van der Waals surface area contributed by atoms with Gasteiger partial charge in [-0.25, -0.2) is 0 Å². The average molecular weight is 328 g/mol. The molecule has 1 heterocycles. The Labute approximate surface area is 136 Å².